The van der Waals surface area contributed by atoms with E-state index in [4.69, 9.17) is 0 Å². The van der Waals surface area contributed by atoms with Gasteiger partial charge in [-0.15, -0.1) is 0 Å². The number of ketones is 1. The van der Waals surface area contributed by atoms with Gasteiger partial charge in [-0.25, -0.2) is 0 Å². The van der Waals surface area contributed by atoms with Gasteiger partial charge in [0.25, 0.3) is 0 Å². The molecule has 0 aliphatic carbocycles. The van der Waals surface area contributed by atoms with Crippen molar-refractivity contribution in [1.82, 2.24) is 10.6 Å². The first kappa shape index (κ1) is 12.1. The molecule has 0 bridgehead atoms. The second-order valence-electron chi connectivity index (χ2n) is 2.91. The fourth-order valence-electron chi connectivity index (χ4n) is 0.805. The van der Waals surface area contributed by atoms with Crippen molar-refractivity contribution in [1.29, 1.82) is 0 Å². The number of rotatable bonds is 7. The average molecular weight is 186 g/mol. The predicted octanol–water partition coefficient (Wildman–Crippen LogP) is 0.0813. The highest BCUT2D eigenvalue weighted by atomic mass is 16.1. The Morgan fingerprint density at radius 1 is 1.15 bits per heavy atom. The summed E-state index contributed by atoms with van der Waals surface area (Å²) in [4.78, 5) is 21.3. The van der Waals surface area contributed by atoms with Gasteiger partial charge in [0, 0.05) is 32.5 Å². The Morgan fingerprint density at radius 3 is 2.38 bits per heavy atom. The third-order valence-corrected chi connectivity index (χ3v) is 1.60. The molecule has 0 rings (SSSR count). The highest BCUT2D eigenvalue weighted by Crippen LogP contribution is 1.77. The number of carbonyl (C=O) groups excluding carboxylic acids is 2. The van der Waals surface area contributed by atoms with Crippen molar-refractivity contribution in [2.24, 2.45) is 0 Å². The second-order valence-corrected chi connectivity index (χ2v) is 2.91. The summed E-state index contributed by atoms with van der Waals surface area (Å²) in [6.07, 6.45) is 1.08. The molecule has 0 radical (unpaired) electrons. The molecule has 0 saturated heterocycles. The van der Waals surface area contributed by atoms with Crippen LogP contribution in [0.1, 0.15) is 26.7 Å². The lowest BCUT2D eigenvalue weighted by Crippen LogP contribution is -2.32. The first-order valence-corrected chi connectivity index (χ1v) is 4.63. The zero-order valence-electron chi connectivity index (χ0n) is 8.35. The fourth-order valence-corrected chi connectivity index (χ4v) is 0.805. The normalized spacial score (nSPS) is 9.69. The molecular weight excluding hydrogens is 168 g/mol. The van der Waals surface area contributed by atoms with Crippen LogP contribution in [0.4, 0.5) is 0 Å². The Balaban J connectivity index is 3.08. The van der Waals surface area contributed by atoms with E-state index in [0.29, 0.717) is 25.9 Å². The summed E-state index contributed by atoms with van der Waals surface area (Å²) in [6, 6.07) is 0. The van der Waals surface area contributed by atoms with Crippen molar-refractivity contribution in [3.8, 4) is 0 Å². The lowest BCUT2D eigenvalue weighted by Gasteiger charge is -2.04. The number of hydrogen-bond donors (Lipinski definition) is 2. The van der Waals surface area contributed by atoms with Crippen LogP contribution < -0.4 is 10.6 Å². The van der Waals surface area contributed by atoms with Crippen LogP contribution in [0.25, 0.3) is 0 Å². The van der Waals surface area contributed by atoms with E-state index < -0.39 is 0 Å². The molecule has 0 aromatic carbocycles. The largest absolute Gasteiger partial charge is 0.355 e. The van der Waals surface area contributed by atoms with Gasteiger partial charge >= 0.3 is 0 Å². The minimum absolute atomic E-state index is 0.0633. The number of Topliss-reactive ketones (excluding diaryl/α,β-unsaturated/α-hetero) is 1. The third-order valence-electron chi connectivity index (χ3n) is 1.60. The maximum atomic E-state index is 10.8. The third kappa shape index (κ3) is 9.01. The first-order chi connectivity index (χ1) is 6.16. The summed E-state index contributed by atoms with van der Waals surface area (Å²) in [5.41, 5.74) is 0. The number of nitrogens with one attached hydrogen (secondary N) is 2. The molecule has 0 unspecified atom stereocenters. The van der Waals surface area contributed by atoms with Crippen LogP contribution >= 0.6 is 0 Å². The molecule has 0 saturated carbocycles. The minimum Gasteiger partial charge on any atom is -0.355 e. The lowest BCUT2D eigenvalue weighted by molar-refractivity contribution is -0.120. The van der Waals surface area contributed by atoms with Gasteiger partial charge in [-0.1, -0.05) is 6.92 Å². The summed E-state index contributed by atoms with van der Waals surface area (Å²) in [5, 5.41) is 5.79. The molecule has 0 aromatic rings. The van der Waals surface area contributed by atoms with Crippen LogP contribution in [0.15, 0.2) is 0 Å². The van der Waals surface area contributed by atoms with Crippen molar-refractivity contribution in [3.63, 3.8) is 0 Å². The summed E-state index contributed by atoms with van der Waals surface area (Å²) < 4.78 is 0. The van der Waals surface area contributed by atoms with E-state index in [9.17, 15) is 9.59 Å². The van der Waals surface area contributed by atoms with Crippen molar-refractivity contribution in [2.75, 3.05) is 19.6 Å². The fraction of sp³-hybridized carbons (Fsp3) is 0.778. The van der Waals surface area contributed by atoms with Crippen molar-refractivity contribution >= 4 is 11.7 Å². The van der Waals surface area contributed by atoms with Crippen LogP contribution in [0.5, 0.6) is 0 Å². The Bertz CT molecular complexity index is 169. The van der Waals surface area contributed by atoms with E-state index in [0.717, 1.165) is 6.54 Å². The zero-order valence-corrected chi connectivity index (χ0v) is 8.35. The van der Waals surface area contributed by atoms with Gasteiger partial charge in [0.05, 0.1) is 0 Å². The van der Waals surface area contributed by atoms with E-state index in [1.165, 1.54) is 0 Å². The van der Waals surface area contributed by atoms with Crippen LogP contribution in [0, 0.1) is 0 Å². The maximum Gasteiger partial charge on any atom is 0.219 e. The van der Waals surface area contributed by atoms with Crippen molar-refractivity contribution < 1.29 is 9.59 Å². The van der Waals surface area contributed by atoms with E-state index in [1.807, 2.05) is 6.92 Å². The Morgan fingerprint density at radius 2 is 1.85 bits per heavy atom. The summed E-state index contributed by atoms with van der Waals surface area (Å²) in [5.74, 6) is 0.249. The van der Waals surface area contributed by atoms with Gasteiger partial charge in [-0.05, 0) is 6.92 Å². The highest BCUT2D eigenvalue weighted by Gasteiger charge is 1.95. The molecule has 0 spiro atoms. The summed E-state index contributed by atoms with van der Waals surface area (Å²) in [7, 11) is 0. The molecule has 0 aliphatic heterocycles. The van der Waals surface area contributed by atoms with Crippen molar-refractivity contribution in [3.05, 3.63) is 0 Å². The van der Waals surface area contributed by atoms with Crippen LogP contribution in [-0.4, -0.2) is 31.3 Å². The van der Waals surface area contributed by atoms with Crippen molar-refractivity contribution in [2.45, 2.75) is 26.7 Å². The predicted molar refractivity (Wildman–Crippen MR) is 51.5 cm³/mol. The Kier molecular flexibility index (Phi) is 7.20. The van der Waals surface area contributed by atoms with E-state index >= 15 is 0 Å². The monoisotopic (exact) mass is 186 g/mol. The quantitative estimate of drug-likeness (QED) is 0.554. The molecule has 0 aliphatic rings. The molecule has 76 valence electrons. The first-order valence-electron chi connectivity index (χ1n) is 4.63. The number of hydrogen-bond acceptors (Lipinski definition) is 3. The molecule has 4 heteroatoms. The van der Waals surface area contributed by atoms with Gasteiger partial charge in [-0.2, -0.15) is 0 Å². The summed E-state index contributed by atoms with van der Waals surface area (Å²) >= 11 is 0. The molecule has 0 fully saturated rings. The minimum atomic E-state index is 0.0633. The summed E-state index contributed by atoms with van der Waals surface area (Å²) in [6.45, 7) is 5.43. The zero-order chi connectivity index (χ0) is 10.1. The molecule has 0 atom stereocenters. The molecule has 4 nitrogen and oxygen atoms in total. The Labute approximate surface area is 79.1 Å². The van der Waals surface area contributed by atoms with E-state index in [1.54, 1.807) is 6.92 Å². The second kappa shape index (κ2) is 7.73. The Hall–Kier alpha value is -0.900. The smallest absolute Gasteiger partial charge is 0.219 e. The number of carbonyl (C=O) groups is 2. The SMILES string of the molecule is CCC(=O)NCCNCCC(C)=O. The topological polar surface area (TPSA) is 58.2 Å². The lowest BCUT2D eigenvalue weighted by atomic mass is 10.3. The average Bonchev–Trinajstić information content (AvgIpc) is 2.10. The highest BCUT2D eigenvalue weighted by molar-refractivity contribution is 5.75. The van der Waals surface area contributed by atoms with Gasteiger partial charge in [0.2, 0.25) is 5.91 Å². The molecule has 1 amide bonds. The molecule has 0 heterocycles. The van der Waals surface area contributed by atoms with E-state index in [-0.39, 0.29) is 11.7 Å². The van der Waals surface area contributed by atoms with Gasteiger partial charge in [-0.3, -0.25) is 9.59 Å². The molecule has 0 aromatic heterocycles. The van der Waals surface area contributed by atoms with Gasteiger partial charge in [0.1, 0.15) is 5.78 Å². The molecular formula is C9H18N2O2. The number of amides is 1. The van der Waals surface area contributed by atoms with Crippen LogP contribution in [0.2, 0.25) is 0 Å². The van der Waals surface area contributed by atoms with Gasteiger partial charge in [0.15, 0.2) is 0 Å². The van der Waals surface area contributed by atoms with Gasteiger partial charge < -0.3 is 10.6 Å². The van der Waals surface area contributed by atoms with Crippen LogP contribution in [-0.2, 0) is 9.59 Å². The standard InChI is InChI=1S/C9H18N2O2/c1-3-9(13)11-7-6-10-5-4-8(2)12/h10H,3-7H2,1-2H3,(H,11,13). The molecule has 13 heavy (non-hydrogen) atoms. The maximum absolute atomic E-state index is 10.8. The van der Waals surface area contributed by atoms with E-state index in [2.05, 4.69) is 10.6 Å². The van der Waals surface area contributed by atoms with Crippen LogP contribution in [0.3, 0.4) is 0 Å². The molecule has 2 N–H and O–H groups in total.